The van der Waals surface area contributed by atoms with E-state index in [0.717, 1.165) is 6.20 Å². The summed E-state index contributed by atoms with van der Waals surface area (Å²) in [4.78, 5) is 14.6. The molecule has 0 fully saturated rings. The van der Waals surface area contributed by atoms with E-state index in [1.54, 1.807) is 19.1 Å². The molecule has 0 radical (unpaired) electrons. The van der Waals surface area contributed by atoms with Crippen molar-refractivity contribution < 1.29 is 14.3 Å². The van der Waals surface area contributed by atoms with Crippen LogP contribution in [0.2, 0.25) is 0 Å². The average Bonchev–Trinajstić information content (AvgIpc) is 2.30. The van der Waals surface area contributed by atoms with E-state index in [4.69, 9.17) is 5.11 Å². The number of halogens is 1. The predicted molar refractivity (Wildman–Crippen MR) is 61.3 cm³/mol. The van der Waals surface area contributed by atoms with Crippen molar-refractivity contribution in [2.45, 2.75) is 6.92 Å². The van der Waals surface area contributed by atoms with Gasteiger partial charge in [-0.1, -0.05) is 12.1 Å². The molecule has 1 aromatic carbocycles. The SMILES string of the molecule is Cc1ccc(-c2ccncc2F)cc1C(=O)O. The third-order valence-corrected chi connectivity index (χ3v) is 2.55. The van der Waals surface area contributed by atoms with Gasteiger partial charge in [0.1, 0.15) is 5.82 Å². The van der Waals surface area contributed by atoms with Gasteiger partial charge in [-0.05, 0) is 30.2 Å². The number of carboxylic acids is 1. The van der Waals surface area contributed by atoms with Crippen molar-refractivity contribution in [3.05, 3.63) is 53.6 Å². The summed E-state index contributed by atoms with van der Waals surface area (Å²) >= 11 is 0. The van der Waals surface area contributed by atoms with E-state index < -0.39 is 11.8 Å². The number of hydrogen-bond donors (Lipinski definition) is 1. The number of aryl methyl sites for hydroxylation is 1. The first-order chi connectivity index (χ1) is 8.09. The van der Waals surface area contributed by atoms with Crippen molar-refractivity contribution >= 4 is 5.97 Å². The Bertz CT molecular complexity index is 581. The number of aromatic carboxylic acids is 1. The molecule has 0 saturated heterocycles. The molecule has 2 rings (SSSR count). The van der Waals surface area contributed by atoms with Crippen molar-refractivity contribution in [1.29, 1.82) is 0 Å². The standard InChI is InChI=1S/C13H10FNO2/c1-8-2-3-9(6-11(8)13(16)17)10-4-5-15-7-12(10)14/h2-7H,1H3,(H,16,17). The summed E-state index contributed by atoms with van der Waals surface area (Å²) in [5, 5.41) is 9.00. The molecule has 0 aliphatic heterocycles. The molecule has 1 aromatic heterocycles. The summed E-state index contributed by atoms with van der Waals surface area (Å²) in [6.07, 6.45) is 2.58. The molecule has 2 aromatic rings. The minimum atomic E-state index is -1.01. The second-order valence-electron chi connectivity index (χ2n) is 3.69. The highest BCUT2D eigenvalue weighted by atomic mass is 19.1. The van der Waals surface area contributed by atoms with Gasteiger partial charge in [-0.25, -0.2) is 9.18 Å². The second-order valence-corrected chi connectivity index (χ2v) is 3.69. The van der Waals surface area contributed by atoms with Crippen LogP contribution in [-0.4, -0.2) is 16.1 Å². The predicted octanol–water partition coefficient (Wildman–Crippen LogP) is 2.89. The lowest BCUT2D eigenvalue weighted by Crippen LogP contribution is -2.00. The zero-order valence-electron chi connectivity index (χ0n) is 9.14. The number of hydrogen-bond acceptors (Lipinski definition) is 2. The van der Waals surface area contributed by atoms with Crippen LogP contribution in [-0.2, 0) is 0 Å². The second kappa shape index (κ2) is 4.33. The van der Waals surface area contributed by atoms with Gasteiger partial charge in [0.25, 0.3) is 0 Å². The fourth-order valence-corrected chi connectivity index (χ4v) is 1.63. The van der Waals surface area contributed by atoms with Crippen LogP contribution in [0.4, 0.5) is 4.39 Å². The largest absolute Gasteiger partial charge is 0.478 e. The minimum absolute atomic E-state index is 0.179. The van der Waals surface area contributed by atoms with Crippen LogP contribution in [0.25, 0.3) is 11.1 Å². The third kappa shape index (κ3) is 2.15. The highest BCUT2D eigenvalue weighted by molar-refractivity contribution is 5.91. The summed E-state index contributed by atoms with van der Waals surface area (Å²) in [5.74, 6) is -1.48. The molecule has 86 valence electrons. The number of aromatic nitrogens is 1. The van der Waals surface area contributed by atoms with E-state index in [9.17, 15) is 9.18 Å². The Kier molecular flexibility index (Phi) is 2.87. The highest BCUT2D eigenvalue weighted by Gasteiger charge is 2.10. The first-order valence-electron chi connectivity index (χ1n) is 5.03. The van der Waals surface area contributed by atoms with Crippen LogP contribution < -0.4 is 0 Å². The molecule has 0 saturated carbocycles. The Hall–Kier alpha value is -2.23. The van der Waals surface area contributed by atoms with E-state index in [2.05, 4.69) is 4.98 Å². The molecule has 3 nitrogen and oxygen atoms in total. The molecule has 0 amide bonds. The van der Waals surface area contributed by atoms with Gasteiger partial charge in [0.05, 0.1) is 11.8 Å². The molecular weight excluding hydrogens is 221 g/mol. The first-order valence-corrected chi connectivity index (χ1v) is 5.03. The zero-order valence-corrected chi connectivity index (χ0v) is 9.14. The van der Waals surface area contributed by atoms with E-state index in [0.29, 0.717) is 16.7 Å². The lowest BCUT2D eigenvalue weighted by Gasteiger charge is -2.06. The zero-order chi connectivity index (χ0) is 12.4. The van der Waals surface area contributed by atoms with Crippen LogP contribution in [0.15, 0.2) is 36.7 Å². The third-order valence-electron chi connectivity index (χ3n) is 2.55. The summed E-state index contributed by atoms with van der Waals surface area (Å²) in [6.45, 7) is 1.70. The average molecular weight is 231 g/mol. The number of nitrogens with zero attached hydrogens (tertiary/aromatic N) is 1. The summed E-state index contributed by atoms with van der Waals surface area (Å²) in [6, 6.07) is 6.35. The lowest BCUT2D eigenvalue weighted by molar-refractivity contribution is 0.0696. The van der Waals surface area contributed by atoms with Crippen molar-refractivity contribution in [3.8, 4) is 11.1 Å². The van der Waals surface area contributed by atoms with Gasteiger partial charge < -0.3 is 5.11 Å². The maximum atomic E-state index is 13.5. The van der Waals surface area contributed by atoms with Crippen LogP contribution in [0, 0.1) is 12.7 Å². The number of rotatable bonds is 2. The maximum Gasteiger partial charge on any atom is 0.335 e. The fourth-order valence-electron chi connectivity index (χ4n) is 1.63. The number of benzene rings is 1. The van der Waals surface area contributed by atoms with Crippen LogP contribution in [0.1, 0.15) is 15.9 Å². The van der Waals surface area contributed by atoms with Gasteiger partial charge in [-0.15, -0.1) is 0 Å². The van der Waals surface area contributed by atoms with Crippen molar-refractivity contribution in [2.24, 2.45) is 0 Å². The molecule has 4 heteroatoms. The van der Waals surface area contributed by atoms with Gasteiger partial charge >= 0.3 is 5.97 Å². The molecule has 1 heterocycles. The molecule has 17 heavy (non-hydrogen) atoms. The van der Waals surface area contributed by atoms with Crippen LogP contribution >= 0.6 is 0 Å². The van der Waals surface area contributed by atoms with Crippen molar-refractivity contribution in [2.75, 3.05) is 0 Å². The van der Waals surface area contributed by atoms with E-state index in [1.165, 1.54) is 18.3 Å². The van der Waals surface area contributed by atoms with E-state index >= 15 is 0 Å². The molecule has 0 aliphatic carbocycles. The first kappa shape index (κ1) is 11.3. The van der Waals surface area contributed by atoms with Crippen molar-refractivity contribution in [1.82, 2.24) is 4.98 Å². The Balaban J connectivity index is 2.58. The lowest BCUT2D eigenvalue weighted by atomic mass is 10.0. The Morgan fingerprint density at radius 1 is 1.35 bits per heavy atom. The number of carboxylic acid groups (broad SMARTS) is 1. The number of pyridine rings is 1. The van der Waals surface area contributed by atoms with Gasteiger partial charge in [0, 0.05) is 11.8 Å². The minimum Gasteiger partial charge on any atom is -0.478 e. The van der Waals surface area contributed by atoms with Gasteiger partial charge in [-0.2, -0.15) is 0 Å². The molecular formula is C13H10FNO2. The Morgan fingerprint density at radius 2 is 2.12 bits per heavy atom. The topological polar surface area (TPSA) is 50.2 Å². The Morgan fingerprint density at radius 3 is 2.76 bits per heavy atom. The summed E-state index contributed by atoms with van der Waals surface area (Å²) in [5.41, 5.74) is 1.71. The highest BCUT2D eigenvalue weighted by Crippen LogP contribution is 2.24. The summed E-state index contributed by atoms with van der Waals surface area (Å²) in [7, 11) is 0. The molecule has 0 spiro atoms. The van der Waals surface area contributed by atoms with Crippen LogP contribution in [0.5, 0.6) is 0 Å². The van der Waals surface area contributed by atoms with Gasteiger partial charge in [0.15, 0.2) is 0 Å². The summed E-state index contributed by atoms with van der Waals surface area (Å²) < 4.78 is 13.5. The van der Waals surface area contributed by atoms with E-state index in [-0.39, 0.29) is 5.56 Å². The van der Waals surface area contributed by atoms with E-state index in [1.807, 2.05) is 0 Å². The van der Waals surface area contributed by atoms with Gasteiger partial charge in [-0.3, -0.25) is 4.98 Å². The normalized spacial score (nSPS) is 10.2. The quantitative estimate of drug-likeness (QED) is 0.864. The Labute approximate surface area is 97.6 Å². The fraction of sp³-hybridized carbons (Fsp3) is 0.0769. The monoisotopic (exact) mass is 231 g/mol. The van der Waals surface area contributed by atoms with Crippen molar-refractivity contribution in [3.63, 3.8) is 0 Å². The van der Waals surface area contributed by atoms with Crippen LogP contribution in [0.3, 0.4) is 0 Å². The molecule has 0 bridgehead atoms. The molecule has 0 atom stereocenters. The molecule has 0 unspecified atom stereocenters. The maximum absolute atomic E-state index is 13.5. The number of carbonyl (C=O) groups is 1. The molecule has 1 N–H and O–H groups in total. The van der Waals surface area contributed by atoms with Gasteiger partial charge in [0.2, 0.25) is 0 Å². The molecule has 0 aliphatic rings. The smallest absolute Gasteiger partial charge is 0.335 e.